The molecule has 0 fully saturated rings. The number of nitrogen functional groups attached to an aromatic ring is 1. The first-order valence-electron chi connectivity index (χ1n) is 6.69. The maximum Gasteiger partial charge on any atom is 0.324 e. The number of rotatable bonds is 9. The van der Waals surface area contributed by atoms with E-state index in [-0.39, 0.29) is 18.0 Å². The van der Waals surface area contributed by atoms with Crippen LogP contribution in [0.1, 0.15) is 27.2 Å². The standard InChI is InChI=1S/C12H23N5O2/c1-4-8-18-11-14-10(13)15-12(16-11)19-9-7-17(5-2)6-3/h4-9H2,1-3H3,(H2,13,14,15,16). The maximum atomic E-state index is 5.58. The van der Waals surface area contributed by atoms with Gasteiger partial charge in [-0.25, -0.2) is 0 Å². The summed E-state index contributed by atoms with van der Waals surface area (Å²) in [5.74, 6) is 0.110. The molecule has 1 aromatic rings. The number of aromatic nitrogens is 3. The summed E-state index contributed by atoms with van der Waals surface area (Å²) in [6.45, 7) is 10.1. The van der Waals surface area contributed by atoms with Crippen molar-refractivity contribution >= 4 is 5.95 Å². The summed E-state index contributed by atoms with van der Waals surface area (Å²) < 4.78 is 10.8. The van der Waals surface area contributed by atoms with Crippen molar-refractivity contribution in [1.82, 2.24) is 19.9 Å². The predicted octanol–water partition coefficient (Wildman–Crippen LogP) is 0.963. The molecule has 0 aromatic carbocycles. The van der Waals surface area contributed by atoms with Crippen LogP contribution in [0.3, 0.4) is 0 Å². The fraction of sp³-hybridized carbons (Fsp3) is 0.750. The van der Waals surface area contributed by atoms with Crippen LogP contribution in [-0.2, 0) is 0 Å². The average Bonchev–Trinajstić information content (AvgIpc) is 2.41. The van der Waals surface area contributed by atoms with Crippen LogP contribution >= 0.6 is 0 Å². The third-order valence-electron chi connectivity index (χ3n) is 2.58. The van der Waals surface area contributed by atoms with Gasteiger partial charge in [0.1, 0.15) is 6.61 Å². The van der Waals surface area contributed by atoms with Crippen molar-refractivity contribution in [1.29, 1.82) is 0 Å². The van der Waals surface area contributed by atoms with Gasteiger partial charge in [-0.05, 0) is 19.5 Å². The number of nitrogens with two attached hydrogens (primary N) is 1. The Morgan fingerprint density at radius 3 is 2.05 bits per heavy atom. The molecule has 1 aromatic heterocycles. The summed E-state index contributed by atoms with van der Waals surface area (Å²) in [7, 11) is 0. The Morgan fingerprint density at radius 1 is 0.947 bits per heavy atom. The lowest BCUT2D eigenvalue weighted by atomic mass is 10.5. The number of hydrogen-bond donors (Lipinski definition) is 1. The van der Waals surface area contributed by atoms with E-state index in [1.807, 2.05) is 6.92 Å². The molecule has 108 valence electrons. The van der Waals surface area contributed by atoms with Crippen molar-refractivity contribution in [2.45, 2.75) is 27.2 Å². The Morgan fingerprint density at radius 2 is 1.53 bits per heavy atom. The molecule has 2 N–H and O–H groups in total. The summed E-state index contributed by atoms with van der Waals surface area (Å²) in [5.41, 5.74) is 5.58. The SMILES string of the molecule is CCCOc1nc(N)nc(OCCN(CC)CC)n1. The quantitative estimate of drug-likeness (QED) is 0.714. The van der Waals surface area contributed by atoms with E-state index >= 15 is 0 Å². The van der Waals surface area contributed by atoms with E-state index in [4.69, 9.17) is 15.2 Å². The second-order valence-electron chi connectivity index (χ2n) is 3.98. The zero-order valence-electron chi connectivity index (χ0n) is 11.9. The van der Waals surface area contributed by atoms with Crippen LogP contribution in [0.2, 0.25) is 0 Å². The molecule has 0 radical (unpaired) electrons. The zero-order chi connectivity index (χ0) is 14.1. The molecule has 7 nitrogen and oxygen atoms in total. The van der Waals surface area contributed by atoms with Gasteiger partial charge in [-0.1, -0.05) is 20.8 Å². The highest BCUT2D eigenvalue weighted by Crippen LogP contribution is 2.10. The average molecular weight is 269 g/mol. The van der Waals surface area contributed by atoms with Crippen LogP contribution in [0, 0.1) is 0 Å². The smallest absolute Gasteiger partial charge is 0.324 e. The van der Waals surface area contributed by atoms with Crippen molar-refractivity contribution in [2.75, 3.05) is 38.6 Å². The molecule has 0 saturated heterocycles. The number of nitrogens with zero attached hydrogens (tertiary/aromatic N) is 4. The van der Waals surface area contributed by atoms with Crippen molar-refractivity contribution in [3.8, 4) is 12.0 Å². The minimum atomic E-state index is 0.110. The third-order valence-corrected chi connectivity index (χ3v) is 2.58. The Bertz CT molecular complexity index is 371. The lowest BCUT2D eigenvalue weighted by Crippen LogP contribution is -2.28. The van der Waals surface area contributed by atoms with E-state index in [0.717, 1.165) is 26.1 Å². The van der Waals surface area contributed by atoms with Crippen LogP contribution in [0.15, 0.2) is 0 Å². The Labute approximate surface area is 114 Å². The molecule has 1 rings (SSSR count). The van der Waals surface area contributed by atoms with E-state index in [9.17, 15) is 0 Å². The highest BCUT2D eigenvalue weighted by Gasteiger charge is 2.07. The van der Waals surface area contributed by atoms with Crippen molar-refractivity contribution < 1.29 is 9.47 Å². The van der Waals surface area contributed by atoms with Crippen molar-refractivity contribution in [2.24, 2.45) is 0 Å². The van der Waals surface area contributed by atoms with Gasteiger partial charge >= 0.3 is 12.0 Å². The monoisotopic (exact) mass is 269 g/mol. The van der Waals surface area contributed by atoms with Gasteiger partial charge in [0.15, 0.2) is 0 Å². The molecular formula is C12H23N5O2. The first-order chi connectivity index (χ1) is 9.19. The summed E-state index contributed by atoms with van der Waals surface area (Å²) in [5, 5.41) is 0. The second kappa shape index (κ2) is 8.47. The molecular weight excluding hydrogens is 246 g/mol. The molecule has 0 aliphatic carbocycles. The van der Waals surface area contributed by atoms with E-state index in [2.05, 4.69) is 33.7 Å². The molecule has 0 aliphatic rings. The van der Waals surface area contributed by atoms with Crippen LogP contribution in [0.4, 0.5) is 5.95 Å². The minimum Gasteiger partial charge on any atom is -0.463 e. The Kier molecular flexibility index (Phi) is 6.88. The largest absolute Gasteiger partial charge is 0.463 e. The molecule has 0 spiro atoms. The second-order valence-corrected chi connectivity index (χ2v) is 3.98. The number of hydrogen-bond acceptors (Lipinski definition) is 7. The lowest BCUT2D eigenvalue weighted by molar-refractivity contribution is 0.208. The van der Waals surface area contributed by atoms with Gasteiger partial charge in [-0.2, -0.15) is 9.97 Å². The molecule has 0 bridgehead atoms. The first kappa shape index (κ1) is 15.4. The van der Waals surface area contributed by atoms with Crippen LogP contribution in [0.25, 0.3) is 0 Å². The molecule has 0 aliphatic heterocycles. The van der Waals surface area contributed by atoms with Gasteiger partial charge < -0.3 is 20.1 Å². The van der Waals surface area contributed by atoms with Gasteiger partial charge in [0.25, 0.3) is 0 Å². The third kappa shape index (κ3) is 5.69. The first-order valence-corrected chi connectivity index (χ1v) is 6.69. The molecule has 0 atom stereocenters. The number of likely N-dealkylation sites (N-methyl/N-ethyl adjacent to an activating group) is 1. The van der Waals surface area contributed by atoms with Crippen LogP contribution < -0.4 is 15.2 Å². The number of ether oxygens (including phenoxy) is 2. The van der Waals surface area contributed by atoms with E-state index in [0.29, 0.717) is 13.2 Å². The normalized spacial score (nSPS) is 10.7. The van der Waals surface area contributed by atoms with Crippen LogP contribution in [0.5, 0.6) is 12.0 Å². The van der Waals surface area contributed by atoms with Gasteiger partial charge in [0, 0.05) is 6.54 Å². The maximum absolute atomic E-state index is 5.58. The highest BCUT2D eigenvalue weighted by molar-refractivity contribution is 5.20. The molecule has 1 heterocycles. The highest BCUT2D eigenvalue weighted by atomic mass is 16.5. The molecule has 0 amide bonds. The Balaban J connectivity index is 2.50. The molecule has 0 unspecified atom stereocenters. The van der Waals surface area contributed by atoms with Crippen LogP contribution in [-0.4, -0.2) is 52.7 Å². The molecule has 7 heteroatoms. The summed E-state index contributed by atoms with van der Waals surface area (Å²) in [6, 6.07) is 0.429. The van der Waals surface area contributed by atoms with Gasteiger partial charge in [-0.15, -0.1) is 4.98 Å². The summed E-state index contributed by atoms with van der Waals surface area (Å²) >= 11 is 0. The topological polar surface area (TPSA) is 86.4 Å². The zero-order valence-corrected chi connectivity index (χ0v) is 11.9. The lowest BCUT2D eigenvalue weighted by Gasteiger charge is -2.17. The predicted molar refractivity (Wildman–Crippen MR) is 73.3 cm³/mol. The van der Waals surface area contributed by atoms with E-state index in [1.165, 1.54) is 0 Å². The van der Waals surface area contributed by atoms with E-state index < -0.39 is 0 Å². The van der Waals surface area contributed by atoms with Crippen molar-refractivity contribution in [3.05, 3.63) is 0 Å². The van der Waals surface area contributed by atoms with Gasteiger partial charge in [0.05, 0.1) is 6.61 Å². The molecule has 0 saturated carbocycles. The fourth-order valence-corrected chi connectivity index (χ4v) is 1.48. The molecule has 19 heavy (non-hydrogen) atoms. The Hall–Kier alpha value is -1.63. The fourth-order valence-electron chi connectivity index (χ4n) is 1.48. The van der Waals surface area contributed by atoms with Gasteiger partial charge in [0.2, 0.25) is 5.95 Å². The minimum absolute atomic E-state index is 0.110. The van der Waals surface area contributed by atoms with E-state index in [1.54, 1.807) is 0 Å². The van der Waals surface area contributed by atoms with Gasteiger partial charge in [-0.3, -0.25) is 0 Å². The summed E-state index contributed by atoms with van der Waals surface area (Å²) in [6.07, 6.45) is 0.879. The number of anilines is 1. The van der Waals surface area contributed by atoms with Crippen molar-refractivity contribution in [3.63, 3.8) is 0 Å². The summed E-state index contributed by atoms with van der Waals surface area (Å²) in [4.78, 5) is 14.1.